The van der Waals surface area contributed by atoms with Gasteiger partial charge in [0.1, 0.15) is 0 Å². The molecular formula is C17H16ClN5O2. The fraction of sp³-hybridized carbons (Fsp3) is 0.118. The van der Waals surface area contributed by atoms with Crippen molar-refractivity contribution in [1.29, 1.82) is 0 Å². The van der Waals surface area contributed by atoms with Crippen molar-refractivity contribution in [2.24, 2.45) is 0 Å². The molecule has 0 saturated carbocycles. The molecule has 0 bridgehead atoms. The molecule has 0 saturated heterocycles. The van der Waals surface area contributed by atoms with E-state index in [9.17, 15) is 0 Å². The fourth-order valence-corrected chi connectivity index (χ4v) is 2.36. The summed E-state index contributed by atoms with van der Waals surface area (Å²) in [6, 6.07) is 12.8. The van der Waals surface area contributed by atoms with Crippen molar-refractivity contribution in [1.82, 2.24) is 15.2 Å². The minimum atomic E-state index is 0.347. The molecule has 7 nitrogen and oxygen atoms in total. The maximum absolute atomic E-state index is 5.98. The monoisotopic (exact) mass is 357 g/mol. The lowest BCUT2D eigenvalue weighted by Gasteiger charge is -2.11. The quantitative estimate of drug-likeness (QED) is 0.689. The minimum absolute atomic E-state index is 0.347. The van der Waals surface area contributed by atoms with Crippen molar-refractivity contribution in [2.45, 2.75) is 0 Å². The molecule has 0 unspecified atom stereocenters. The second-order valence-electron chi connectivity index (χ2n) is 5.00. The van der Waals surface area contributed by atoms with Crippen molar-refractivity contribution >= 4 is 34.7 Å². The van der Waals surface area contributed by atoms with E-state index in [1.54, 1.807) is 38.5 Å². The van der Waals surface area contributed by atoms with E-state index < -0.39 is 0 Å². The summed E-state index contributed by atoms with van der Waals surface area (Å²) in [5.74, 6) is 2.14. The van der Waals surface area contributed by atoms with Gasteiger partial charge in [-0.25, -0.2) is 0 Å². The second kappa shape index (κ2) is 7.67. The number of anilines is 4. The highest BCUT2D eigenvalue weighted by Crippen LogP contribution is 2.30. The van der Waals surface area contributed by atoms with Crippen molar-refractivity contribution in [2.75, 3.05) is 24.9 Å². The van der Waals surface area contributed by atoms with E-state index in [1.807, 2.05) is 18.2 Å². The van der Waals surface area contributed by atoms with E-state index in [4.69, 9.17) is 21.1 Å². The van der Waals surface area contributed by atoms with Crippen LogP contribution < -0.4 is 20.1 Å². The molecule has 1 heterocycles. The normalized spacial score (nSPS) is 10.2. The number of nitrogens with zero attached hydrogens (tertiary/aromatic N) is 3. The first-order valence-corrected chi connectivity index (χ1v) is 7.77. The third kappa shape index (κ3) is 4.27. The van der Waals surface area contributed by atoms with Crippen LogP contribution in [0.5, 0.6) is 11.5 Å². The predicted molar refractivity (Wildman–Crippen MR) is 97.4 cm³/mol. The number of rotatable bonds is 6. The van der Waals surface area contributed by atoms with Gasteiger partial charge in [0.05, 0.1) is 20.4 Å². The first-order valence-electron chi connectivity index (χ1n) is 7.39. The Morgan fingerprint density at radius 3 is 2.48 bits per heavy atom. The van der Waals surface area contributed by atoms with Gasteiger partial charge in [0.2, 0.25) is 5.95 Å². The summed E-state index contributed by atoms with van der Waals surface area (Å²) in [6.07, 6.45) is 1.53. The van der Waals surface area contributed by atoms with Crippen LogP contribution in [0.3, 0.4) is 0 Å². The van der Waals surface area contributed by atoms with Crippen LogP contribution >= 0.6 is 11.6 Å². The van der Waals surface area contributed by atoms with Gasteiger partial charge >= 0.3 is 0 Å². The van der Waals surface area contributed by atoms with E-state index >= 15 is 0 Å². The molecule has 1 aromatic heterocycles. The number of ether oxygens (including phenoxy) is 2. The van der Waals surface area contributed by atoms with Crippen molar-refractivity contribution in [3.8, 4) is 11.5 Å². The molecule has 0 atom stereocenters. The lowest BCUT2D eigenvalue weighted by molar-refractivity contribution is 0.355. The summed E-state index contributed by atoms with van der Waals surface area (Å²) in [4.78, 5) is 4.38. The van der Waals surface area contributed by atoms with Gasteiger partial charge < -0.3 is 20.1 Å². The summed E-state index contributed by atoms with van der Waals surface area (Å²) < 4.78 is 10.5. The zero-order valence-electron chi connectivity index (χ0n) is 13.7. The molecule has 0 radical (unpaired) electrons. The highest BCUT2D eigenvalue weighted by Gasteiger charge is 2.07. The largest absolute Gasteiger partial charge is 0.493 e. The highest BCUT2D eigenvalue weighted by atomic mass is 35.5. The van der Waals surface area contributed by atoms with Gasteiger partial charge in [0.25, 0.3) is 0 Å². The maximum atomic E-state index is 5.98. The zero-order chi connectivity index (χ0) is 17.6. The Hall–Kier alpha value is -3.06. The molecular weight excluding hydrogens is 342 g/mol. The minimum Gasteiger partial charge on any atom is -0.493 e. The van der Waals surface area contributed by atoms with Gasteiger partial charge in [-0.05, 0) is 30.3 Å². The Balaban J connectivity index is 1.78. The van der Waals surface area contributed by atoms with Crippen LogP contribution in [-0.4, -0.2) is 29.4 Å². The van der Waals surface area contributed by atoms with Crippen molar-refractivity contribution in [3.05, 3.63) is 53.7 Å². The SMILES string of the molecule is COc1ccc(Nc2nncc(Nc3cccc(Cl)c3)n2)cc1OC. The molecule has 25 heavy (non-hydrogen) atoms. The molecule has 2 N–H and O–H groups in total. The summed E-state index contributed by atoms with van der Waals surface area (Å²) >= 11 is 5.98. The van der Waals surface area contributed by atoms with Gasteiger partial charge in [0, 0.05) is 22.5 Å². The highest BCUT2D eigenvalue weighted by molar-refractivity contribution is 6.30. The standard InChI is InChI=1S/C17H16ClN5O2/c1-24-14-7-6-13(9-15(14)25-2)21-17-22-16(10-19-23-17)20-12-5-3-4-11(18)8-12/h3-10H,1-2H3,(H2,20,21,22,23). The molecule has 0 amide bonds. The van der Waals surface area contributed by atoms with Crippen LogP contribution in [0.2, 0.25) is 5.02 Å². The second-order valence-corrected chi connectivity index (χ2v) is 5.43. The van der Waals surface area contributed by atoms with Crippen LogP contribution in [-0.2, 0) is 0 Å². The van der Waals surface area contributed by atoms with Crippen LogP contribution in [0, 0.1) is 0 Å². The number of aromatic nitrogens is 3. The zero-order valence-corrected chi connectivity index (χ0v) is 14.4. The van der Waals surface area contributed by atoms with Crippen LogP contribution in [0.15, 0.2) is 48.7 Å². The van der Waals surface area contributed by atoms with Gasteiger partial charge in [0.15, 0.2) is 17.3 Å². The molecule has 0 aliphatic rings. The van der Waals surface area contributed by atoms with Gasteiger partial charge in [-0.2, -0.15) is 10.1 Å². The third-order valence-corrected chi connectivity index (χ3v) is 3.53. The number of nitrogens with one attached hydrogen (secondary N) is 2. The Labute approximate surface area is 150 Å². The summed E-state index contributed by atoms with van der Waals surface area (Å²) in [5, 5.41) is 14.8. The van der Waals surface area contributed by atoms with Gasteiger partial charge in [-0.3, -0.25) is 0 Å². The molecule has 0 spiro atoms. The lowest BCUT2D eigenvalue weighted by Crippen LogP contribution is -2.02. The average Bonchev–Trinajstić information content (AvgIpc) is 2.62. The predicted octanol–water partition coefficient (Wildman–Crippen LogP) is 4.03. The van der Waals surface area contributed by atoms with Crippen LogP contribution in [0.4, 0.5) is 23.1 Å². The smallest absolute Gasteiger partial charge is 0.249 e. The Morgan fingerprint density at radius 2 is 1.72 bits per heavy atom. The van der Waals surface area contributed by atoms with Crippen molar-refractivity contribution in [3.63, 3.8) is 0 Å². The molecule has 0 aliphatic heterocycles. The molecule has 2 aromatic carbocycles. The Bertz CT molecular complexity index is 875. The maximum Gasteiger partial charge on any atom is 0.249 e. The summed E-state index contributed by atoms with van der Waals surface area (Å²) in [7, 11) is 3.16. The van der Waals surface area contributed by atoms with E-state index in [0.29, 0.717) is 28.3 Å². The van der Waals surface area contributed by atoms with Crippen LogP contribution in [0.1, 0.15) is 0 Å². The third-order valence-electron chi connectivity index (χ3n) is 3.30. The molecule has 0 aliphatic carbocycles. The van der Waals surface area contributed by atoms with Gasteiger partial charge in [-0.1, -0.05) is 17.7 Å². The number of hydrogen-bond donors (Lipinski definition) is 2. The molecule has 3 rings (SSSR count). The Kier molecular flexibility index (Phi) is 5.15. The molecule has 8 heteroatoms. The Morgan fingerprint density at radius 1 is 0.920 bits per heavy atom. The molecule has 128 valence electrons. The molecule has 0 fully saturated rings. The fourth-order valence-electron chi connectivity index (χ4n) is 2.17. The first kappa shape index (κ1) is 16.8. The number of methoxy groups -OCH3 is 2. The molecule has 3 aromatic rings. The summed E-state index contributed by atoms with van der Waals surface area (Å²) in [6.45, 7) is 0. The first-order chi connectivity index (χ1) is 12.2. The van der Waals surface area contributed by atoms with Gasteiger partial charge in [-0.15, -0.1) is 5.10 Å². The van der Waals surface area contributed by atoms with E-state index in [2.05, 4.69) is 25.8 Å². The van der Waals surface area contributed by atoms with E-state index in [-0.39, 0.29) is 0 Å². The lowest BCUT2D eigenvalue weighted by atomic mass is 10.3. The number of halogens is 1. The topological polar surface area (TPSA) is 81.2 Å². The van der Waals surface area contributed by atoms with E-state index in [1.165, 1.54) is 6.20 Å². The van der Waals surface area contributed by atoms with Crippen LogP contribution in [0.25, 0.3) is 0 Å². The number of benzene rings is 2. The summed E-state index contributed by atoms with van der Waals surface area (Å²) in [5.41, 5.74) is 1.56. The van der Waals surface area contributed by atoms with Crippen molar-refractivity contribution < 1.29 is 9.47 Å². The average molecular weight is 358 g/mol. The number of hydrogen-bond acceptors (Lipinski definition) is 7. The van der Waals surface area contributed by atoms with E-state index in [0.717, 1.165) is 11.4 Å².